The fourth-order valence-corrected chi connectivity index (χ4v) is 2.87. The zero-order valence-electron chi connectivity index (χ0n) is 17.1. The summed E-state index contributed by atoms with van der Waals surface area (Å²) in [5.74, 6) is 2.09. The van der Waals surface area contributed by atoms with Crippen molar-refractivity contribution in [2.75, 3.05) is 13.1 Å². The van der Waals surface area contributed by atoms with E-state index in [1.807, 2.05) is 48.7 Å². The van der Waals surface area contributed by atoms with Gasteiger partial charge in [-0.05, 0) is 43.2 Å². The molecule has 0 unspecified atom stereocenters. The second kappa shape index (κ2) is 10.9. The van der Waals surface area contributed by atoms with Crippen LogP contribution in [-0.2, 0) is 19.4 Å². The third-order valence-corrected chi connectivity index (χ3v) is 4.28. The molecule has 0 fully saturated rings. The minimum atomic E-state index is 0.555. The van der Waals surface area contributed by atoms with Crippen LogP contribution in [-0.4, -0.2) is 34.2 Å². The van der Waals surface area contributed by atoms with Crippen molar-refractivity contribution in [1.82, 2.24) is 25.8 Å². The average molecular weight is 393 g/mol. The molecular weight excluding hydrogens is 364 g/mol. The monoisotopic (exact) mass is 392 g/mol. The Balaban J connectivity index is 1.61. The highest BCUT2D eigenvalue weighted by Crippen LogP contribution is 2.19. The first-order valence-electron chi connectivity index (χ1n) is 10.1. The van der Waals surface area contributed by atoms with Crippen molar-refractivity contribution in [3.63, 3.8) is 0 Å². The van der Waals surface area contributed by atoms with Gasteiger partial charge in [0.1, 0.15) is 0 Å². The molecule has 2 heterocycles. The van der Waals surface area contributed by atoms with Crippen LogP contribution in [0.4, 0.5) is 0 Å². The molecule has 0 spiro atoms. The number of guanidine groups is 1. The summed E-state index contributed by atoms with van der Waals surface area (Å²) in [4.78, 5) is 13.5. The summed E-state index contributed by atoms with van der Waals surface area (Å²) < 4.78 is 5.39. The number of nitrogens with zero attached hydrogens (tertiary/aromatic N) is 4. The van der Waals surface area contributed by atoms with E-state index in [0.29, 0.717) is 12.4 Å². The Kier molecular flexibility index (Phi) is 7.74. The maximum absolute atomic E-state index is 5.39. The summed E-state index contributed by atoms with van der Waals surface area (Å²) in [7, 11) is 0. The summed E-state index contributed by atoms with van der Waals surface area (Å²) in [6.45, 7) is 6.28. The Bertz CT molecular complexity index is 906. The van der Waals surface area contributed by atoms with Crippen LogP contribution < -0.4 is 10.6 Å². The second-order valence-corrected chi connectivity index (χ2v) is 6.66. The lowest BCUT2D eigenvalue weighted by Gasteiger charge is -2.11. The van der Waals surface area contributed by atoms with Gasteiger partial charge < -0.3 is 15.2 Å². The zero-order valence-corrected chi connectivity index (χ0v) is 17.1. The molecule has 152 valence electrons. The Morgan fingerprint density at radius 3 is 2.79 bits per heavy atom. The molecule has 0 atom stereocenters. The fraction of sp³-hybridized carbons (Fsp3) is 0.364. The Labute approximate surface area is 171 Å². The van der Waals surface area contributed by atoms with Crippen molar-refractivity contribution in [1.29, 1.82) is 0 Å². The zero-order chi connectivity index (χ0) is 20.3. The van der Waals surface area contributed by atoms with Gasteiger partial charge in [-0.15, -0.1) is 0 Å². The molecule has 7 nitrogen and oxygen atoms in total. The number of aromatic nitrogens is 3. The molecule has 0 saturated carbocycles. The number of aryl methyl sites for hydroxylation is 1. The highest BCUT2D eigenvalue weighted by molar-refractivity contribution is 5.79. The molecule has 0 amide bonds. The standard InChI is InChI=1S/C22H28N6O/c1-3-8-20-27-21(29-28-20)18-10-7-9-17(15-18)16-26-22(23-4-2)25-14-12-19-11-5-6-13-24-19/h5-7,9-11,13,15H,3-4,8,12,14,16H2,1-2H3,(H2,23,25,26). The van der Waals surface area contributed by atoms with Crippen LogP contribution >= 0.6 is 0 Å². The lowest BCUT2D eigenvalue weighted by molar-refractivity contribution is 0.422. The van der Waals surface area contributed by atoms with Gasteiger partial charge >= 0.3 is 0 Å². The van der Waals surface area contributed by atoms with Crippen molar-refractivity contribution in [3.8, 4) is 11.5 Å². The Hall–Kier alpha value is -3.22. The van der Waals surface area contributed by atoms with Gasteiger partial charge in [-0.2, -0.15) is 4.98 Å². The topological polar surface area (TPSA) is 88.2 Å². The van der Waals surface area contributed by atoms with Crippen LogP contribution in [0.25, 0.3) is 11.5 Å². The van der Waals surface area contributed by atoms with Crippen molar-refractivity contribution in [3.05, 3.63) is 65.7 Å². The van der Waals surface area contributed by atoms with Crippen LogP contribution in [0.3, 0.4) is 0 Å². The third-order valence-electron chi connectivity index (χ3n) is 4.28. The largest absolute Gasteiger partial charge is 0.357 e. The quantitative estimate of drug-likeness (QED) is 0.429. The predicted octanol–water partition coefficient (Wildman–Crippen LogP) is 3.38. The van der Waals surface area contributed by atoms with E-state index in [2.05, 4.69) is 39.6 Å². The van der Waals surface area contributed by atoms with Gasteiger partial charge in [0.25, 0.3) is 5.89 Å². The molecular formula is C22H28N6O. The van der Waals surface area contributed by atoms with Gasteiger partial charge in [0, 0.05) is 43.4 Å². The van der Waals surface area contributed by atoms with E-state index in [-0.39, 0.29) is 0 Å². The molecule has 2 aromatic heterocycles. The van der Waals surface area contributed by atoms with Gasteiger partial charge in [0.05, 0.1) is 6.54 Å². The molecule has 0 aliphatic heterocycles. The van der Waals surface area contributed by atoms with Crippen LogP contribution in [0.1, 0.15) is 37.4 Å². The van der Waals surface area contributed by atoms with Gasteiger partial charge in [-0.25, -0.2) is 4.99 Å². The number of nitrogens with one attached hydrogen (secondary N) is 2. The van der Waals surface area contributed by atoms with E-state index in [9.17, 15) is 0 Å². The normalized spacial score (nSPS) is 11.4. The lowest BCUT2D eigenvalue weighted by Crippen LogP contribution is -2.38. The fourth-order valence-electron chi connectivity index (χ4n) is 2.87. The van der Waals surface area contributed by atoms with Crippen molar-refractivity contribution in [2.45, 2.75) is 39.7 Å². The first kappa shape index (κ1) is 20.5. The van der Waals surface area contributed by atoms with Gasteiger partial charge in [0.15, 0.2) is 11.8 Å². The number of hydrogen-bond donors (Lipinski definition) is 2. The highest BCUT2D eigenvalue weighted by Gasteiger charge is 2.09. The number of benzene rings is 1. The number of aliphatic imine (C=N–C) groups is 1. The summed E-state index contributed by atoms with van der Waals surface area (Å²) >= 11 is 0. The molecule has 0 radical (unpaired) electrons. The third kappa shape index (κ3) is 6.41. The summed E-state index contributed by atoms with van der Waals surface area (Å²) in [5.41, 5.74) is 3.06. The maximum atomic E-state index is 5.39. The van der Waals surface area contributed by atoms with Crippen molar-refractivity contribution >= 4 is 5.96 Å². The molecule has 0 aliphatic rings. The SMILES string of the molecule is CCCc1noc(-c2cccc(CN=C(NCC)NCCc3ccccn3)c2)n1. The lowest BCUT2D eigenvalue weighted by atomic mass is 10.1. The van der Waals surface area contributed by atoms with Crippen LogP contribution in [0.2, 0.25) is 0 Å². The number of hydrogen-bond acceptors (Lipinski definition) is 5. The molecule has 0 bridgehead atoms. The highest BCUT2D eigenvalue weighted by atomic mass is 16.5. The molecule has 3 rings (SSSR count). The van der Waals surface area contributed by atoms with Crippen molar-refractivity contribution in [2.24, 2.45) is 4.99 Å². The van der Waals surface area contributed by atoms with Gasteiger partial charge in [0.2, 0.25) is 0 Å². The second-order valence-electron chi connectivity index (χ2n) is 6.66. The molecule has 0 aliphatic carbocycles. The van der Waals surface area contributed by atoms with Gasteiger partial charge in [-0.3, -0.25) is 4.98 Å². The predicted molar refractivity (Wildman–Crippen MR) is 114 cm³/mol. The number of pyridine rings is 1. The first-order valence-corrected chi connectivity index (χ1v) is 10.1. The molecule has 0 saturated heterocycles. The van der Waals surface area contributed by atoms with E-state index in [1.165, 1.54) is 0 Å². The Morgan fingerprint density at radius 1 is 1.07 bits per heavy atom. The van der Waals surface area contributed by atoms with Crippen molar-refractivity contribution < 1.29 is 4.52 Å². The summed E-state index contributed by atoms with van der Waals surface area (Å²) in [5, 5.41) is 10.7. The minimum Gasteiger partial charge on any atom is -0.357 e. The Morgan fingerprint density at radius 2 is 2.00 bits per heavy atom. The smallest absolute Gasteiger partial charge is 0.257 e. The average Bonchev–Trinajstić information content (AvgIpc) is 3.22. The van der Waals surface area contributed by atoms with E-state index in [1.54, 1.807) is 0 Å². The summed E-state index contributed by atoms with van der Waals surface area (Å²) in [6, 6.07) is 14.0. The van der Waals surface area contributed by atoms with E-state index in [4.69, 9.17) is 9.52 Å². The minimum absolute atomic E-state index is 0.555. The summed E-state index contributed by atoms with van der Waals surface area (Å²) in [6.07, 6.45) is 4.48. The first-order chi connectivity index (χ1) is 14.3. The van der Waals surface area contributed by atoms with Crippen LogP contribution in [0, 0.1) is 0 Å². The molecule has 1 aromatic carbocycles. The van der Waals surface area contributed by atoms with Crippen LogP contribution in [0.5, 0.6) is 0 Å². The molecule has 2 N–H and O–H groups in total. The maximum Gasteiger partial charge on any atom is 0.257 e. The van der Waals surface area contributed by atoms with Gasteiger partial charge in [-0.1, -0.05) is 30.3 Å². The van der Waals surface area contributed by atoms with E-state index in [0.717, 1.165) is 61.0 Å². The molecule has 3 aromatic rings. The van der Waals surface area contributed by atoms with E-state index >= 15 is 0 Å². The number of rotatable bonds is 9. The molecule has 7 heteroatoms. The van der Waals surface area contributed by atoms with E-state index < -0.39 is 0 Å². The molecule has 29 heavy (non-hydrogen) atoms. The van der Waals surface area contributed by atoms with Crippen LogP contribution in [0.15, 0.2) is 58.2 Å².